The van der Waals surface area contributed by atoms with E-state index in [-0.39, 0.29) is 5.91 Å². The van der Waals surface area contributed by atoms with Crippen LogP contribution in [0.4, 0.5) is 0 Å². The zero-order chi connectivity index (χ0) is 16.1. The van der Waals surface area contributed by atoms with Crippen LogP contribution in [-0.4, -0.2) is 44.8 Å². The van der Waals surface area contributed by atoms with Crippen molar-refractivity contribution >= 4 is 17.7 Å². The second-order valence-corrected chi connectivity index (χ2v) is 7.08. The van der Waals surface area contributed by atoms with Crippen molar-refractivity contribution in [2.24, 2.45) is 5.92 Å². The van der Waals surface area contributed by atoms with Crippen LogP contribution in [0.2, 0.25) is 0 Å². The van der Waals surface area contributed by atoms with Crippen molar-refractivity contribution in [1.29, 1.82) is 0 Å². The van der Waals surface area contributed by atoms with Crippen LogP contribution in [0.3, 0.4) is 0 Å². The van der Waals surface area contributed by atoms with Crippen LogP contribution in [0, 0.1) is 12.8 Å². The fourth-order valence-corrected chi connectivity index (χ4v) is 3.68. The topological polar surface area (TPSA) is 61.9 Å². The highest BCUT2D eigenvalue weighted by atomic mass is 32.2. The fraction of sp³-hybridized carbons (Fsp3) is 0.471. The molecule has 1 atom stereocenters. The number of benzene rings is 1. The quantitative estimate of drug-likeness (QED) is 0.856. The van der Waals surface area contributed by atoms with E-state index in [1.54, 1.807) is 0 Å². The van der Waals surface area contributed by atoms with Crippen molar-refractivity contribution in [2.45, 2.75) is 31.3 Å². The number of carbonyl (C=O) groups is 1. The van der Waals surface area contributed by atoms with Crippen molar-refractivity contribution in [3.63, 3.8) is 0 Å². The zero-order valence-corrected chi connectivity index (χ0v) is 14.2. The highest BCUT2D eigenvalue weighted by molar-refractivity contribution is 7.99. The summed E-state index contributed by atoms with van der Waals surface area (Å²) in [6.45, 7) is 3.85. The molecule has 0 saturated carbocycles. The Balaban J connectivity index is 1.51. The number of nitrogens with zero attached hydrogens (tertiary/aromatic N) is 3. The van der Waals surface area contributed by atoms with Gasteiger partial charge in [0.2, 0.25) is 5.91 Å². The summed E-state index contributed by atoms with van der Waals surface area (Å²) >= 11 is 1.42. The molecule has 6 heteroatoms. The molecule has 1 aromatic carbocycles. The Morgan fingerprint density at radius 1 is 1.39 bits per heavy atom. The lowest BCUT2D eigenvalue weighted by Crippen LogP contribution is -2.41. The predicted octanol–water partition coefficient (Wildman–Crippen LogP) is 2.69. The first kappa shape index (κ1) is 16.1. The Morgan fingerprint density at radius 3 is 2.96 bits per heavy atom. The average Bonchev–Trinajstić information content (AvgIpc) is 3.08. The van der Waals surface area contributed by atoms with Crippen LogP contribution in [0.1, 0.15) is 24.0 Å². The van der Waals surface area contributed by atoms with Gasteiger partial charge in [0.15, 0.2) is 5.16 Å². The molecule has 122 valence electrons. The summed E-state index contributed by atoms with van der Waals surface area (Å²) < 4.78 is 0. The Labute approximate surface area is 140 Å². The number of likely N-dealkylation sites (tertiary alicyclic amines) is 1. The molecular weight excluding hydrogens is 308 g/mol. The van der Waals surface area contributed by atoms with Gasteiger partial charge in [0.1, 0.15) is 6.33 Å². The average molecular weight is 330 g/mol. The van der Waals surface area contributed by atoms with Crippen LogP contribution >= 0.6 is 11.8 Å². The molecule has 0 aliphatic carbocycles. The minimum Gasteiger partial charge on any atom is -0.342 e. The third kappa shape index (κ3) is 4.58. The molecule has 5 nitrogen and oxygen atoms in total. The highest BCUT2D eigenvalue weighted by Crippen LogP contribution is 2.22. The van der Waals surface area contributed by atoms with E-state index in [9.17, 15) is 4.79 Å². The molecule has 1 amide bonds. The molecule has 0 radical (unpaired) electrons. The van der Waals surface area contributed by atoms with Gasteiger partial charge in [-0.3, -0.25) is 9.89 Å². The molecule has 2 heterocycles. The largest absolute Gasteiger partial charge is 0.342 e. The molecule has 1 aliphatic heterocycles. The van der Waals surface area contributed by atoms with Gasteiger partial charge >= 0.3 is 0 Å². The molecule has 1 unspecified atom stereocenters. The van der Waals surface area contributed by atoms with Crippen LogP contribution in [0.5, 0.6) is 0 Å². The SMILES string of the molecule is Cc1ccc(CC2CCCN(C(=O)CSc3ncn[nH]3)C2)cc1. The lowest BCUT2D eigenvalue weighted by atomic mass is 9.91. The van der Waals surface area contributed by atoms with Gasteiger partial charge in [0.05, 0.1) is 5.75 Å². The van der Waals surface area contributed by atoms with Crippen molar-refractivity contribution in [3.05, 3.63) is 41.7 Å². The monoisotopic (exact) mass is 330 g/mol. The number of hydrogen-bond acceptors (Lipinski definition) is 4. The van der Waals surface area contributed by atoms with Gasteiger partial charge < -0.3 is 4.90 Å². The summed E-state index contributed by atoms with van der Waals surface area (Å²) in [5, 5.41) is 7.27. The fourth-order valence-electron chi connectivity index (χ4n) is 3.00. The number of H-pyrrole nitrogens is 1. The molecule has 1 saturated heterocycles. The molecule has 0 bridgehead atoms. The van der Waals surface area contributed by atoms with E-state index in [0.717, 1.165) is 25.9 Å². The summed E-state index contributed by atoms with van der Waals surface area (Å²) in [4.78, 5) is 18.4. The number of piperidine rings is 1. The number of nitrogens with one attached hydrogen (secondary N) is 1. The minimum absolute atomic E-state index is 0.194. The number of aryl methyl sites for hydroxylation is 1. The summed E-state index contributed by atoms with van der Waals surface area (Å²) in [5.74, 6) is 1.18. The van der Waals surface area contributed by atoms with Gasteiger partial charge in [-0.15, -0.1) is 0 Å². The van der Waals surface area contributed by atoms with E-state index in [0.29, 0.717) is 16.8 Å². The first-order valence-electron chi connectivity index (χ1n) is 8.02. The first-order valence-corrected chi connectivity index (χ1v) is 9.01. The Hall–Kier alpha value is -1.82. The lowest BCUT2D eigenvalue weighted by Gasteiger charge is -2.33. The van der Waals surface area contributed by atoms with Crippen molar-refractivity contribution in [2.75, 3.05) is 18.8 Å². The molecule has 1 N–H and O–H groups in total. The number of hydrogen-bond donors (Lipinski definition) is 1. The van der Waals surface area contributed by atoms with Crippen molar-refractivity contribution in [1.82, 2.24) is 20.1 Å². The minimum atomic E-state index is 0.194. The summed E-state index contributed by atoms with van der Waals surface area (Å²) in [6.07, 6.45) is 4.81. The lowest BCUT2D eigenvalue weighted by molar-refractivity contribution is -0.130. The maximum absolute atomic E-state index is 12.4. The highest BCUT2D eigenvalue weighted by Gasteiger charge is 2.23. The second-order valence-electron chi connectivity index (χ2n) is 6.12. The first-order chi connectivity index (χ1) is 11.2. The Morgan fingerprint density at radius 2 is 2.22 bits per heavy atom. The molecule has 23 heavy (non-hydrogen) atoms. The zero-order valence-electron chi connectivity index (χ0n) is 13.4. The van der Waals surface area contributed by atoms with Gasteiger partial charge in [0.25, 0.3) is 0 Å². The molecule has 0 spiro atoms. The van der Waals surface area contributed by atoms with E-state index >= 15 is 0 Å². The van der Waals surface area contributed by atoms with Gasteiger partial charge in [-0.05, 0) is 37.7 Å². The van der Waals surface area contributed by atoms with E-state index in [4.69, 9.17) is 0 Å². The third-order valence-corrected chi connectivity index (χ3v) is 5.10. The van der Waals surface area contributed by atoms with Crippen LogP contribution in [-0.2, 0) is 11.2 Å². The van der Waals surface area contributed by atoms with Gasteiger partial charge in [-0.1, -0.05) is 41.6 Å². The summed E-state index contributed by atoms with van der Waals surface area (Å²) in [7, 11) is 0. The maximum Gasteiger partial charge on any atom is 0.233 e. The van der Waals surface area contributed by atoms with E-state index in [1.807, 2.05) is 4.90 Å². The van der Waals surface area contributed by atoms with Crippen molar-refractivity contribution in [3.8, 4) is 0 Å². The molecule has 1 aromatic heterocycles. The number of aromatic nitrogens is 3. The number of rotatable bonds is 5. The smallest absolute Gasteiger partial charge is 0.233 e. The summed E-state index contributed by atoms with van der Waals surface area (Å²) in [5.41, 5.74) is 2.66. The van der Waals surface area contributed by atoms with Crippen LogP contribution in [0.25, 0.3) is 0 Å². The summed E-state index contributed by atoms with van der Waals surface area (Å²) in [6, 6.07) is 8.73. The van der Waals surface area contributed by atoms with Gasteiger partial charge in [-0.25, -0.2) is 4.98 Å². The standard InChI is InChI=1S/C17H22N4OS/c1-13-4-6-14(7-5-13)9-15-3-2-8-21(10-15)16(22)11-23-17-18-12-19-20-17/h4-7,12,15H,2-3,8-11H2,1H3,(H,18,19,20). The Bertz CT molecular complexity index is 627. The third-order valence-electron chi connectivity index (χ3n) is 4.24. The van der Waals surface area contributed by atoms with E-state index < -0.39 is 0 Å². The number of carbonyl (C=O) groups excluding carboxylic acids is 1. The second kappa shape index (κ2) is 7.64. The number of aromatic amines is 1. The maximum atomic E-state index is 12.4. The molecule has 1 fully saturated rings. The van der Waals surface area contributed by atoms with Crippen LogP contribution in [0.15, 0.2) is 35.7 Å². The van der Waals surface area contributed by atoms with Gasteiger partial charge in [-0.2, -0.15) is 5.10 Å². The molecular formula is C17H22N4OS. The molecule has 3 rings (SSSR count). The van der Waals surface area contributed by atoms with E-state index in [1.165, 1.54) is 35.6 Å². The normalized spacial score (nSPS) is 18.1. The van der Waals surface area contributed by atoms with Crippen LogP contribution < -0.4 is 0 Å². The predicted molar refractivity (Wildman–Crippen MR) is 91.3 cm³/mol. The molecule has 1 aliphatic rings. The van der Waals surface area contributed by atoms with E-state index in [2.05, 4.69) is 46.4 Å². The number of thioether (sulfide) groups is 1. The molecule has 2 aromatic rings. The van der Waals surface area contributed by atoms with Crippen molar-refractivity contribution < 1.29 is 4.79 Å². The Kier molecular flexibility index (Phi) is 5.33. The van der Waals surface area contributed by atoms with Gasteiger partial charge in [0, 0.05) is 13.1 Å². The number of amides is 1.